The van der Waals surface area contributed by atoms with E-state index in [2.05, 4.69) is 10.6 Å². The van der Waals surface area contributed by atoms with Crippen LogP contribution in [0.4, 0.5) is 31.1 Å². The second kappa shape index (κ2) is 38.8. The van der Waals surface area contributed by atoms with Gasteiger partial charge < -0.3 is 75.0 Å². The number of carboxylic acids is 1. The van der Waals surface area contributed by atoms with Crippen LogP contribution in [0, 0.1) is 48.8 Å². The Hall–Kier alpha value is -10.8. The molecule has 4 atom stereocenters. The van der Waals surface area contributed by atoms with Crippen LogP contribution in [-0.2, 0) is 125 Å². The second-order valence-electron chi connectivity index (χ2n) is 26.0. The number of allylic oxidation sites excluding steroid dienone is 1. The van der Waals surface area contributed by atoms with Crippen molar-refractivity contribution in [3.8, 4) is 22.3 Å². The number of nitrogens with two attached hydrogens (primary N) is 1. The minimum absolute atomic E-state index is 0. The maximum absolute atomic E-state index is 14.1. The molecule has 1 unspecified atom stereocenters. The van der Waals surface area contributed by atoms with E-state index in [0.29, 0.717) is 86.7 Å². The van der Waals surface area contributed by atoms with Gasteiger partial charge in [-0.2, -0.15) is 0 Å². The molecule has 602 valence electrons. The molecule has 6 aromatic carbocycles. The molecule has 0 bridgehead atoms. The van der Waals surface area contributed by atoms with Crippen LogP contribution in [0.25, 0.3) is 27.8 Å². The van der Waals surface area contributed by atoms with E-state index in [4.69, 9.17) is 52.6 Å². The molecular weight excluding hydrogens is 1550 g/mol. The second-order valence-corrected chi connectivity index (χ2v) is 26.8. The fraction of sp³-hybridized carbons (Fsp3) is 0.312. The van der Waals surface area contributed by atoms with Crippen LogP contribution in [0.3, 0.4) is 0 Å². The molecule has 0 saturated carbocycles. The SMILES string of the molecule is COC(=O)[C@@H](N)Cc1ccc(C2=C(C)N(C)C(=O)N(C)C2Cl)c2c1COC2.COC(=O)[C@H](Cc1ccc(-c2c(C)n(C)c(=O)n(C)c2=O)c2c1COC2)NC(=O)c1c(F)cccc1F.Cc1c(-c2ccc(C[C@H](NC(=O)c3c(F)cccc3F)C(=O)O)c3c2COC3)c(=O)n(C)c(=O)n1C.O.O=C(Cl)c1c(F)cccc1F.[Li+].[OH-]. The number of aliphatic carboxylic acids is 1. The molecule has 12 rings (SSSR count). The number of amides is 4. The van der Waals surface area contributed by atoms with Crippen LogP contribution in [0.15, 0.2) is 116 Å². The van der Waals surface area contributed by atoms with E-state index >= 15 is 0 Å². The van der Waals surface area contributed by atoms with Crippen molar-refractivity contribution in [2.24, 2.45) is 33.9 Å². The van der Waals surface area contributed by atoms with Gasteiger partial charge in [-0.15, -0.1) is 0 Å². The number of rotatable bonds is 17. The topological polar surface area (TPSA) is 392 Å². The number of fused-ring (bicyclic) bond motifs is 3. The number of alkyl halides is 1. The first kappa shape index (κ1) is 92.1. The number of hydrogen-bond donors (Lipinski definition) is 4. The van der Waals surface area contributed by atoms with E-state index in [1.165, 1.54) is 35.2 Å². The van der Waals surface area contributed by atoms with Crippen LogP contribution in [0.1, 0.15) is 105 Å². The van der Waals surface area contributed by atoms with Crippen molar-refractivity contribution in [3.05, 3.63) is 257 Å². The van der Waals surface area contributed by atoms with Crippen LogP contribution >= 0.6 is 23.2 Å². The quantitative estimate of drug-likeness (QED) is 0.0249. The van der Waals surface area contributed by atoms with Gasteiger partial charge in [-0.3, -0.25) is 37.9 Å². The summed E-state index contributed by atoms with van der Waals surface area (Å²) in [6.45, 7) is 6.82. The van der Waals surface area contributed by atoms with Crippen molar-refractivity contribution >= 4 is 69.8 Å². The van der Waals surface area contributed by atoms with E-state index in [1.807, 2.05) is 19.1 Å². The van der Waals surface area contributed by atoms with E-state index in [0.717, 1.165) is 104 Å². The fourth-order valence-corrected chi connectivity index (χ4v) is 13.7. The number of carbonyl (C=O) groups is 7. The summed E-state index contributed by atoms with van der Waals surface area (Å²) in [7, 11) is 11.8. The van der Waals surface area contributed by atoms with Gasteiger partial charge >= 0.3 is 54.2 Å². The number of halogens is 8. The monoisotopic (exact) mass is 1620 g/mol. The summed E-state index contributed by atoms with van der Waals surface area (Å²) < 4.78 is 113. The molecule has 6 heterocycles. The van der Waals surface area contributed by atoms with Gasteiger partial charge in [-0.1, -0.05) is 66.2 Å². The van der Waals surface area contributed by atoms with E-state index in [1.54, 1.807) is 71.2 Å². The first-order valence-electron chi connectivity index (χ1n) is 33.8. The van der Waals surface area contributed by atoms with E-state index < -0.39 is 133 Å². The number of ether oxygens (including phenoxy) is 5. The molecule has 37 heteroatoms. The number of nitrogens with one attached hydrogen (secondary N) is 2. The Kier molecular flexibility index (Phi) is 31.4. The van der Waals surface area contributed by atoms with Gasteiger partial charge in [0.25, 0.3) is 28.2 Å². The summed E-state index contributed by atoms with van der Waals surface area (Å²) in [5.41, 5.74) is 13.5. The molecule has 0 saturated heterocycles. The number of likely N-dealkylation sites (N-methyl/N-ethyl adjacent to an activating group) is 1. The van der Waals surface area contributed by atoms with Crippen LogP contribution in [-0.4, -0.2) is 137 Å². The average molecular weight is 1630 g/mol. The molecule has 4 aliphatic rings. The molecule has 8 aromatic rings. The first-order chi connectivity index (χ1) is 52.5. The molecule has 4 amide bonds. The molecule has 114 heavy (non-hydrogen) atoms. The molecule has 0 aliphatic carbocycles. The third kappa shape index (κ3) is 18.9. The number of methoxy groups -OCH3 is 2. The number of benzene rings is 6. The van der Waals surface area contributed by atoms with E-state index in [-0.39, 0.29) is 75.1 Å². The zero-order chi connectivity index (χ0) is 81.6. The van der Waals surface area contributed by atoms with Gasteiger partial charge in [0, 0.05) is 77.8 Å². The third-order valence-electron chi connectivity index (χ3n) is 19.6. The van der Waals surface area contributed by atoms with Gasteiger partial charge in [0.05, 0.1) is 65.0 Å². The van der Waals surface area contributed by atoms with Gasteiger partial charge in [0.2, 0.25) is 0 Å². The molecular formula is C77H78Cl2F6LiN9O19. The number of aromatic nitrogens is 4. The normalized spacial score (nSPS) is 14.4. The van der Waals surface area contributed by atoms with Gasteiger partial charge in [-0.05, 0) is 142 Å². The Morgan fingerprint density at radius 1 is 0.518 bits per heavy atom. The summed E-state index contributed by atoms with van der Waals surface area (Å²) >= 11 is 11.5. The number of esters is 2. The van der Waals surface area contributed by atoms with E-state index in [9.17, 15) is 84.2 Å². The first-order valence-corrected chi connectivity index (χ1v) is 34.6. The summed E-state index contributed by atoms with van der Waals surface area (Å²) in [5, 5.41) is 13.1. The minimum Gasteiger partial charge on any atom is -0.870 e. The Morgan fingerprint density at radius 2 is 0.851 bits per heavy atom. The maximum Gasteiger partial charge on any atom is 1.00 e. The predicted molar refractivity (Wildman–Crippen MR) is 397 cm³/mol. The Labute approximate surface area is 668 Å². The van der Waals surface area contributed by atoms with Crippen molar-refractivity contribution in [2.45, 2.75) is 103 Å². The van der Waals surface area contributed by atoms with Crippen molar-refractivity contribution < 1.29 is 119 Å². The summed E-state index contributed by atoms with van der Waals surface area (Å²) in [6.07, 6.45) is 0.136. The van der Waals surface area contributed by atoms with Crippen molar-refractivity contribution in [1.82, 2.24) is 38.7 Å². The van der Waals surface area contributed by atoms with Crippen molar-refractivity contribution in [2.75, 3.05) is 28.3 Å². The Balaban J connectivity index is 0.000000248. The maximum atomic E-state index is 14.1. The average Bonchev–Trinajstić information content (AvgIpc) is 1.37. The number of carbonyl (C=O) groups excluding carboxylic acids is 6. The number of nitrogens with zero attached hydrogens (tertiary/aromatic N) is 6. The fourth-order valence-electron chi connectivity index (χ4n) is 13.2. The smallest absolute Gasteiger partial charge is 0.870 e. The van der Waals surface area contributed by atoms with Crippen LogP contribution in [0.5, 0.6) is 0 Å². The standard InChI is InChI=1S/C26H25F2N3O6.C25H23F2N3O6.C19H24ClN3O4.C7H3ClF2O.Li.2H2O/c1-13-21(24(33)31(3)26(35)30(13)2)15-9-8-14(16-11-37-12-17(15)16)10-20(25(34)36-4)29-23(32)22-18(27)6-5-7-19(22)28;1-12-20(23(32)30(3)25(35)29(12)2)14-8-7-13(15-10-36-11-16(14)15)9-19(24(33)34)28-22(31)21-17(26)5-4-6-18(21)27;1-10-16(17(20)23(3)19(25)22(10)2)12-6-5-11(7-15(21)18(24)26-4)13-8-27-9-14(12)13;8-7(11)6-4(9)2-1-3-5(6)10;;;/h5-9,20H,10-12H2,1-4H3,(H,29,32);4-8,19H,9-11H2,1-3H3,(H,28,31)(H,33,34);5-6,15,17H,7-9,21H2,1-4H3;1-3H;;2*1H2/q;;;;+1;;/p-1/t20-;19-;15-,17?;;;;/m000..../s1. The zero-order valence-corrected chi connectivity index (χ0v) is 65.1. The van der Waals surface area contributed by atoms with Gasteiger partial charge in [0.15, 0.2) is 0 Å². The number of urea groups is 1. The molecule has 4 aliphatic heterocycles. The van der Waals surface area contributed by atoms with Crippen molar-refractivity contribution in [1.29, 1.82) is 0 Å². The molecule has 0 radical (unpaired) electrons. The molecule has 0 fully saturated rings. The zero-order valence-electron chi connectivity index (χ0n) is 63.5. The van der Waals surface area contributed by atoms with Crippen molar-refractivity contribution in [3.63, 3.8) is 0 Å². The minimum atomic E-state index is -1.49. The Morgan fingerprint density at radius 3 is 1.21 bits per heavy atom. The largest absolute Gasteiger partial charge is 1.00 e. The summed E-state index contributed by atoms with van der Waals surface area (Å²) in [6, 6.07) is 16.0. The molecule has 8 N–H and O–H groups in total. The predicted octanol–water partition coefficient (Wildman–Crippen LogP) is 4.07. The molecule has 2 aromatic heterocycles. The third-order valence-corrected chi connectivity index (χ3v) is 20.3. The number of hydrogen-bond acceptors (Lipinski definition) is 18. The summed E-state index contributed by atoms with van der Waals surface area (Å²) in [4.78, 5) is 138. The van der Waals surface area contributed by atoms with Crippen LogP contribution in [0.2, 0.25) is 0 Å². The Bertz CT molecular complexity index is 5370. The molecule has 0 spiro atoms. The van der Waals surface area contributed by atoms with Crippen LogP contribution < -0.4 is 57.7 Å². The number of carboxylic acid groups (broad SMARTS) is 1. The summed E-state index contributed by atoms with van der Waals surface area (Å²) in [5.74, 6) is -11.1. The van der Waals surface area contributed by atoms with Gasteiger partial charge in [0.1, 0.15) is 75.2 Å². The van der Waals surface area contributed by atoms with Gasteiger partial charge in [-0.25, -0.2) is 50.3 Å². The molecule has 28 nitrogen and oxygen atoms in total.